The Morgan fingerprint density at radius 3 is 2.91 bits per heavy atom. The molecule has 2 aromatic heterocycles. The van der Waals surface area contributed by atoms with E-state index in [4.69, 9.17) is 0 Å². The highest BCUT2D eigenvalue weighted by Gasteiger charge is 1.99. The molecule has 0 saturated heterocycles. The average molecular weight is 146 g/mol. The predicted octanol–water partition coefficient (Wildman–Crippen LogP) is 1.95. The molecule has 0 aromatic carbocycles. The van der Waals surface area contributed by atoms with Crippen molar-refractivity contribution in [2.45, 2.75) is 13.8 Å². The molecule has 0 saturated carbocycles. The van der Waals surface area contributed by atoms with Crippen molar-refractivity contribution in [3.63, 3.8) is 0 Å². The third-order valence-corrected chi connectivity index (χ3v) is 2.10. The molecule has 2 heterocycles. The van der Waals surface area contributed by atoms with Crippen molar-refractivity contribution < 1.29 is 0 Å². The fraction of sp³-hybridized carbons (Fsp3) is 0.222. The summed E-state index contributed by atoms with van der Waals surface area (Å²) in [5.41, 5.74) is 3.91. The molecule has 0 amide bonds. The summed E-state index contributed by atoms with van der Waals surface area (Å²) >= 11 is 0. The molecule has 2 aromatic rings. The molecule has 0 bridgehead atoms. The molecule has 0 aliphatic heterocycles. The van der Waals surface area contributed by atoms with Crippen molar-refractivity contribution in [1.29, 1.82) is 0 Å². The van der Waals surface area contributed by atoms with Gasteiger partial charge in [0.25, 0.3) is 0 Å². The average Bonchev–Trinajstić information content (AvgIpc) is 2.30. The summed E-state index contributed by atoms with van der Waals surface area (Å²) in [4.78, 5) is 4.03. The molecule has 2 rings (SSSR count). The van der Waals surface area contributed by atoms with E-state index in [-0.39, 0.29) is 0 Å². The summed E-state index contributed by atoms with van der Waals surface area (Å²) in [5, 5.41) is 0. The minimum absolute atomic E-state index is 1.25. The van der Waals surface area contributed by atoms with E-state index >= 15 is 0 Å². The fourth-order valence-corrected chi connectivity index (χ4v) is 1.30. The van der Waals surface area contributed by atoms with E-state index in [1.165, 1.54) is 16.6 Å². The number of fused-ring (bicyclic) bond motifs is 1. The van der Waals surface area contributed by atoms with Crippen molar-refractivity contribution in [2.24, 2.45) is 0 Å². The number of nitrogens with zero attached hydrogens (tertiary/aromatic N) is 2. The van der Waals surface area contributed by atoms with E-state index in [9.17, 15) is 0 Å². The van der Waals surface area contributed by atoms with E-state index in [0.717, 1.165) is 0 Å². The van der Waals surface area contributed by atoms with Crippen LogP contribution in [-0.4, -0.2) is 9.38 Å². The highest BCUT2D eigenvalue weighted by Crippen LogP contribution is 2.14. The molecule has 0 aliphatic rings. The molecule has 2 heteroatoms. The van der Waals surface area contributed by atoms with Crippen LogP contribution in [0.4, 0.5) is 0 Å². The molecule has 0 spiro atoms. The van der Waals surface area contributed by atoms with Gasteiger partial charge < -0.3 is 4.40 Å². The zero-order valence-corrected chi connectivity index (χ0v) is 6.70. The van der Waals surface area contributed by atoms with Gasteiger partial charge in [-0.3, -0.25) is 0 Å². The second-order valence-electron chi connectivity index (χ2n) is 2.81. The number of hydrogen-bond acceptors (Lipinski definition) is 1. The minimum Gasteiger partial charge on any atom is -0.307 e. The SMILES string of the molecule is Cc1cn2cnccc2c1C. The van der Waals surface area contributed by atoms with Gasteiger partial charge in [-0.1, -0.05) is 0 Å². The second-order valence-corrected chi connectivity index (χ2v) is 2.81. The lowest BCUT2D eigenvalue weighted by atomic mass is 10.2. The maximum atomic E-state index is 4.03. The number of hydrogen-bond donors (Lipinski definition) is 0. The quantitative estimate of drug-likeness (QED) is 0.555. The summed E-state index contributed by atoms with van der Waals surface area (Å²) in [6.45, 7) is 4.24. The van der Waals surface area contributed by atoms with Gasteiger partial charge in [-0.05, 0) is 31.0 Å². The Morgan fingerprint density at radius 2 is 2.18 bits per heavy atom. The largest absolute Gasteiger partial charge is 0.307 e. The zero-order chi connectivity index (χ0) is 7.84. The molecular weight excluding hydrogens is 136 g/mol. The number of aromatic nitrogens is 2. The lowest BCUT2D eigenvalue weighted by molar-refractivity contribution is 1.09. The Balaban J connectivity index is 2.92. The van der Waals surface area contributed by atoms with Crippen LogP contribution in [-0.2, 0) is 0 Å². The van der Waals surface area contributed by atoms with Crippen LogP contribution < -0.4 is 0 Å². The zero-order valence-electron chi connectivity index (χ0n) is 6.70. The van der Waals surface area contributed by atoms with E-state index in [2.05, 4.69) is 25.0 Å². The molecule has 0 aliphatic carbocycles. The first kappa shape index (κ1) is 6.40. The predicted molar refractivity (Wildman–Crippen MR) is 44.7 cm³/mol. The monoisotopic (exact) mass is 146 g/mol. The molecule has 0 N–H and O–H groups in total. The van der Waals surface area contributed by atoms with E-state index in [1.807, 2.05) is 23.0 Å². The lowest BCUT2D eigenvalue weighted by Crippen LogP contribution is -1.82. The van der Waals surface area contributed by atoms with Gasteiger partial charge in [0.15, 0.2) is 0 Å². The topological polar surface area (TPSA) is 17.3 Å². The first-order valence-corrected chi connectivity index (χ1v) is 3.67. The van der Waals surface area contributed by atoms with Crippen LogP contribution in [0.15, 0.2) is 24.8 Å². The Labute approximate surface area is 65.5 Å². The molecule has 0 unspecified atom stereocenters. The Hall–Kier alpha value is -1.31. The van der Waals surface area contributed by atoms with Crippen LogP contribution in [0.2, 0.25) is 0 Å². The molecule has 0 atom stereocenters. The van der Waals surface area contributed by atoms with E-state index in [0.29, 0.717) is 0 Å². The third-order valence-electron chi connectivity index (χ3n) is 2.10. The summed E-state index contributed by atoms with van der Waals surface area (Å²) < 4.78 is 2.05. The van der Waals surface area contributed by atoms with Crippen LogP contribution in [0, 0.1) is 13.8 Å². The van der Waals surface area contributed by atoms with Gasteiger partial charge in [-0.25, -0.2) is 4.98 Å². The summed E-state index contributed by atoms with van der Waals surface area (Å²) in [6.07, 6.45) is 5.74. The van der Waals surface area contributed by atoms with Crippen molar-refractivity contribution in [2.75, 3.05) is 0 Å². The fourth-order valence-electron chi connectivity index (χ4n) is 1.30. The van der Waals surface area contributed by atoms with Gasteiger partial charge >= 0.3 is 0 Å². The highest BCUT2D eigenvalue weighted by molar-refractivity contribution is 5.57. The molecule has 0 radical (unpaired) electrons. The van der Waals surface area contributed by atoms with Crippen LogP contribution in [0.25, 0.3) is 5.52 Å². The lowest BCUT2D eigenvalue weighted by Gasteiger charge is -1.91. The van der Waals surface area contributed by atoms with E-state index < -0.39 is 0 Å². The Morgan fingerprint density at radius 1 is 1.36 bits per heavy atom. The smallest absolute Gasteiger partial charge is 0.0990 e. The number of rotatable bonds is 0. The molecular formula is C9H10N2. The van der Waals surface area contributed by atoms with Crippen molar-refractivity contribution in [3.05, 3.63) is 35.9 Å². The van der Waals surface area contributed by atoms with Crippen LogP contribution in [0.3, 0.4) is 0 Å². The first-order valence-electron chi connectivity index (χ1n) is 3.67. The third kappa shape index (κ3) is 0.827. The van der Waals surface area contributed by atoms with Crippen LogP contribution in [0.1, 0.15) is 11.1 Å². The highest BCUT2D eigenvalue weighted by atomic mass is 14.9. The molecule has 2 nitrogen and oxygen atoms in total. The normalized spacial score (nSPS) is 10.7. The van der Waals surface area contributed by atoms with Crippen molar-refractivity contribution in [1.82, 2.24) is 9.38 Å². The maximum absolute atomic E-state index is 4.03. The standard InChI is InChI=1S/C9H10N2/c1-7-5-11-6-10-4-3-9(11)8(7)2/h3-6H,1-2H3. The van der Waals surface area contributed by atoms with Crippen molar-refractivity contribution in [3.8, 4) is 0 Å². The van der Waals surface area contributed by atoms with Gasteiger partial charge in [0, 0.05) is 12.4 Å². The first-order chi connectivity index (χ1) is 5.29. The van der Waals surface area contributed by atoms with Gasteiger partial charge in [-0.2, -0.15) is 0 Å². The Bertz CT molecular complexity index is 387. The maximum Gasteiger partial charge on any atom is 0.0990 e. The number of aryl methyl sites for hydroxylation is 2. The molecule has 56 valence electrons. The van der Waals surface area contributed by atoms with Crippen molar-refractivity contribution >= 4 is 5.52 Å². The van der Waals surface area contributed by atoms with E-state index in [1.54, 1.807) is 0 Å². The summed E-state index contributed by atoms with van der Waals surface area (Å²) in [6, 6.07) is 2.03. The van der Waals surface area contributed by atoms with Gasteiger partial charge in [-0.15, -0.1) is 0 Å². The van der Waals surface area contributed by atoms with Gasteiger partial charge in [0.05, 0.1) is 11.8 Å². The Kier molecular flexibility index (Phi) is 1.22. The van der Waals surface area contributed by atoms with Crippen LogP contribution in [0.5, 0.6) is 0 Å². The molecule has 0 fully saturated rings. The second kappa shape index (κ2) is 2.09. The minimum atomic E-state index is 1.25. The van der Waals surface area contributed by atoms with Gasteiger partial charge in [0.1, 0.15) is 0 Å². The summed E-state index contributed by atoms with van der Waals surface area (Å²) in [7, 11) is 0. The van der Waals surface area contributed by atoms with Gasteiger partial charge in [0.2, 0.25) is 0 Å². The molecule has 11 heavy (non-hydrogen) atoms. The summed E-state index contributed by atoms with van der Waals surface area (Å²) in [5.74, 6) is 0. The van der Waals surface area contributed by atoms with Crippen LogP contribution >= 0.6 is 0 Å².